The van der Waals surface area contributed by atoms with Crippen LogP contribution in [0.1, 0.15) is 26.7 Å². The Hall–Kier alpha value is -3.24. The molecule has 0 aliphatic carbocycles. The fourth-order valence-electron chi connectivity index (χ4n) is 2.35. The van der Waals surface area contributed by atoms with E-state index in [0.29, 0.717) is 23.9 Å². The van der Waals surface area contributed by atoms with E-state index in [2.05, 4.69) is 31.2 Å². The Morgan fingerprint density at radius 1 is 1.21 bits per heavy atom. The molecule has 0 atom stereocenters. The quantitative estimate of drug-likeness (QED) is 0.464. The van der Waals surface area contributed by atoms with Crippen molar-refractivity contribution < 1.29 is 18.0 Å². The Morgan fingerprint density at radius 3 is 2.41 bits per heavy atom. The zero-order chi connectivity index (χ0) is 21.4. The molecular formula is C18H24F3N7O. The average Bonchev–Trinajstić information content (AvgIpc) is 3.11. The molecule has 1 aromatic heterocycles. The molecule has 1 fully saturated rings. The maximum absolute atomic E-state index is 13.5. The molecule has 1 amide bonds. The smallest absolute Gasteiger partial charge is 0.224 e. The van der Waals surface area contributed by atoms with E-state index in [1.807, 2.05) is 13.8 Å². The molecule has 0 bridgehead atoms. The minimum Gasteiger partial charge on any atom is -0.394 e. The normalized spacial score (nSPS) is 12.8. The van der Waals surface area contributed by atoms with Gasteiger partial charge in [-0.1, -0.05) is 0 Å². The molecule has 11 heteroatoms. The molecule has 3 rings (SSSR count). The summed E-state index contributed by atoms with van der Waals surface area (Å²) in [6.45, 7) is 4.67. The number of hydrogen-bond acceptors (Lipinski definition) is 7. The van der Waals surface area contributed by atoms with Gasteiger partial charge >= 0.3 is 0 Å². The third-order valence-corrected chi connectivity index (χ3v) is 3.67. The van der Waals surface area contributed by atoms with E-state index < -0.39 is 23.1 Å². The first-order valence-corrected chi connectivity index (χ1v) is 9.04. The van der Waals surface area contributed by atoms with Crippen molar-refractivity contribution in [1.82, 2.24) is 15.3 Å². The zero-order valence-corrected chi connectivity index (χ0v) is 16.2. The Morgan fingerprint density at radius 2 is 1.90 bits per heavy atom. The van der Waals surface area contributed by atoms with Gasteiger partial charge in [0.05, 0.1) is 18.6 Å². The van der Waals surface area contributed by atoms with Crippen molar-refractivity contribution >= 4 is 29.0 Å². The van der Waals surface area contributed by atoms with Crippen molar-refractivity contribution in [3.63, 3.8) is 0 Å². The summed E-state index contributed by atoms with van der Waals surface area (Å²) in [5.41, 5.74) is 5.58. The van der Waals surface area contributed by atoms with Gasteiger partial charge in [0.2, 0.25) is 11.9 Å². The number of carbonyl (C=O) groups is 1. The third kappa shape index (κ3) is 7.01. The van der Waals surface area contributed by atoms with Gasteiger partial charge in [-0.3, -0.25) is 4.79 Å². The van der Waals surface area contributed by atoms with Crippen molar-refractivity contribution in [3.05, 3.63) is 35.8 Å². The number of nitrogens with two attached hydrogens (primary N) is 1. The number of nitrogens with zero attached hydrogens (tertiary/aromatic N) is 2. The monoisotopic (exact) mass is 411 g/mol. The van der Waals surface area contributed by atoms with Gasteiger partial charge in [-0.15, -0.1) is 0 Å². The fourth-order valence-corrected chi connectivity index (χ4v) is 2.35. The number of aromatic nitrogens is 2. The minimum atomic E-state index is -1.03. The van der Waals surface area contributed by atoms with Gasteiger partial charge in [0.15, 0.2) is 17.5 Å². The zero-order valence-electron chi connectivity index (χ0n) is 16.2. The number of benzene rings is 1. The second-order valence-corrected chi connectivity index (χ2v) is 6.52. The van der Waals surface area contributed by atoms with Crippen LogP contribution >= 0.6 is 0 Å². The largest absolute Gasteiger partial charge is 0.394 e. The second kappa shape index (κ2) is 10.3. The van der Waals surface area contributed by atoms with Crippen LogP contribution in [0, 0.1) is 17.5 Å². The lowest BCUT2D eigenvalue weighted by atomic mass is 10.3. The highest BCUT2D eigenvalue weighted by atomic mass is 19.1. The summed E-state index contributed by atoms with van der Waals surface area (Å²) in [7, 11) is 0. The number of carbonyl (C=O) groups excluding carboxylic acids is 1. The lowest BCUT2D eigenvalue weighted by Gasteiger charge is -2.14. The first-order chi connectivity index (χ1) is 13.8. The van der Waals surface area contributed by atoms with Crippen LogP contribution in [0.25, 0.3) is 0 Å². The Kier molecular flexibility index (Phi) is 7.87. The van der Waals surface area contributed by atoms with E-state index in [9.17, 15) is 18.0 Å². The Balaban J connectivity index is 0.000000426. The predicted octanol–water partition coefficient (Wildman–Crippen LogP) is 2.67. The first-order valence-electron chi connectivity index (χ1n) is 9.04. The second-order valence-electron chi connectivity index (χ2n) is 6.52. The summed E-state index contributed by atoms with van der Waals surface area (Å²) in [5, 5.41) is 11.0. The third-order valence-electron chi connectivity index (χ3n) is 3.67. The van der Waals surface area contributed by atoms with E-state index in [4.69, 9.17) is 5.73 Å². The maximum atomic E-state index is 13.5. The molecule has 2 heterocycles. The lowest BCUT2D eigenvalue weighted by molar-refractivity contribution is -0.119. The summed E-state index contributed by atoms with van der Waals surface area (Å²) < 4.78 is 39.8. The number of nitrogens with one attached hydrogen (secondary N) is 4. The van der Waals surface area contributed by atoms with E-state index in [1.165, 1.54) is 6.20 Å². The van der Waals surface area contributed by atoms with Crippen molar-refractivity contribution in [2.24, 2.45) is 0 Å². The summed E-state index contributed by atoms with van der Waals surface area (Å²) >= 11 is 0. The molecule has 6 N–H and O–H groups in total. The van der Waals surface area contributed by atoms with E-state index in [-0.39, 0.29) is 24.3 Å². The molecule has 0 radical (unpaired) electrons. The number of nitrogen functional groups attached to an aromatic ring is 1. The van der Waals surface area contributed by atoms with Gasteiger partial charge in [-0.25, -0.2) is 18.2 Å². The molecular weight excluding hydrogens is 387 g/mol. The van der Waals surface area contributed by atoms with Gasteiger partial charge < -0.3 is 27.0 Å². The fraction of sp³-hybridized carbons (Fsp3) is 0.389. The van der Waals surface area contributed by atoms with Crippen molar-refractivity contribution in [2.75, 3.05) is 34.9 Å². The standard InChI is InChI=1S/C14H17F3N6.C4H7NO/c1-7(2)22-14-19-5-11(18)13(23-14)21-6-20-12-9(16)3-8(15)4-10(12)17;6-4-2-1-3-5-4/h3-5,7,20H,6,18H2,1-2H3,(H2,19,21,22,23);1-3H2,(H,5,6). The maximum Gasteiger partial charge on any atom is 0.224 e. The first kappa shape index (κ1) is 22.1. The SMILES string of the molecule is CC(C)Nc1ncc(N)c(NCNc2c(F)cc(F)cc2F)n1.O=C1CCCN1. The summed E-state index contributed by atoms with van der Waals surface area (Å²) in [6, 6.07) is 1.32. The van der Waals surface area contributed by atoms with Gasteiger partial charge in [0.1, 0.15) is 11.5 Å². The highest BCUT2D eigenvalue weighted by Crippen LogP contribution is 2.21. The molecule has 0 spiro atoms. The van der Waals surface area contributed by atoms with E-state index in [1.54, 1.807) is 0 Å². The summed E-state index contributed by atoms with van der Waals surface area (Å²) in [6.07, 6.45) is 3.18. The topological polar surface area (TPSA) is 117 Å². The molecule has 8 nitrogen and oxygen atoms in total. The number of amides is 1. The van der Waals surface area contributed by atoms with Crippen LogP contribution in [-0.2, 0) is 4.79 Å². The van der Waals surface area contributed by atoms with Crippen molar-refractivity contribution in [2.45, 2.75) is 32.7 Å². The van der Waals surface area contributed by atoms with Crippen molar-refractivity contribution in [1.29, 1.82) is 0 Å². The van der Waals surface area contributed by atoms with Crippen LogP contribution in [0.15, 0.2) is 18.3 Å². The molecule has 1 aromatic carbocycles. The molecule has 0 saturated carbocycles. The summed E-state index contributed by atoms with van der Waals surface area (Å²) in [5.74, 6) is -2.16. The van der Waals surface area contributed by atoms with Crippen LogP contribution in [0.5, 0.6) is 0 Å². The predicted molar refractivity (Wildman–Crippen MR) is 106 cm³/mol. The highest BCUT2D eigenvalue weighted by molar-refractivity contribution is 5.77. The molecule has 2 aromatic rings. The van der Waals surface area contributed by atoms with Gasteiger partial charge in [-0.05, 0) is 20.3 Å². The molecule has 29 heavy (non-hydrogen) atoms. The number of hydrogen-bond donors (Lipinski definition) is 5. The molecule has 158 valence electrons. The molecule has 1 aliphatic heterocycles. The van der Waals surface area contributed by atoms with Crippen molar-refractivity contribution in [3.8, 4) is 0 Å². The van der Waals surface area contributed by atoms with Crippen LogP contribution in [0.3, 0.4) is 0 Å². The molecule has 1 saturated heterocycles. The van der Waals surface area contributed by atoms with E-state index in [0.717, 1.165) is 19.4 Å². The van der Waals surface area contributed by atoms with Gasteiger partial charge in [0.25, 0.3) is 0 Å². The van der Waals surface area contributed by atoms with Crippen LogP contribution in [-0.4, -0.2) is 35.1 Å². The number of anilines is 4. The van der Waals surface area contributed by atoms with Gasteiger partial charge in [-0.2, -0.15) is 4.98 Å². The Labute approximate surface area is 166 Å². The molecule has 1 aliphatic rings. The minimum absolute atomic E-state index is 0.0677. The number of rotatable bonds is 6. The lowest BCUT2D eigenvalue weighted by Crippen LogP contribution is -2.18. The summed E-state index contributed by atoms with van der Waals surface area (Å²) in [4.78, 5) is 18.3. The van der Waals surface area contributed by atoms with Crippen LogP contribution in [0.2, 0.25) is 0 Å². The van der Waals surface area contributed by atoms with E-state index >= 15 is 0 Å². The molecule has 0 unspecified atom stereocenters. The van der Waals surface area contributed by atoms with Crippen LogP contribution in [0.4, 0.5) is 36.3 Å². The Bertz CT molecular complexity index is 817. The highest BCUT2D eigenvalue weighted by Gasteiger charge is 2.11. The van der Waals surface area contributed by atoms with Crippen LogP contribution < -0.4 is 27.0 Å². The van der Waals surface area contributed by atoms with Gasteiger partial charge in [0, 0.05) is 31.1 Å². The number of halogens is 3. The average molecular weight is 411 g/mol.